The van der Waals surface area contributed by atoms with Gasteiger partial charge in [0.25, 0.3) is 11.6 Å². The van der Waals surface area contributed by atoms with Gasteiger partial charge >= 0.3 is 0 Å². The van der Waals surface area contributed by atoms with Crippen molar-refractivity contribution in [1.82, 2.24) is 5.43 Å². The lowest BCUT2D eigenvalue weighted by Gasteiger charge is -2.02. The van der Waals surface area contributed by atoms with Gasteiger partial charge in [-0.15, -0.1) is 0 Å². The summed E-state index contributed by atoms with van der Waals surface area (Å²) in [6.45, 7) is 1.92. The molecular formula is C15H12BrN3O3. The molecule has 0 spiro atoms. The zero-order chi connectivity index (χ0) is 16.1. The highest BCUT2D eigenvalue weighted by Crippen LogP contribution is 2.17. The van der Waals surface area contributed by atoms with Crippen LogP contribution in [0.25, 0.3) is 0 Å². The van der Waals surface area contributed by atoms with Crippen LogP contribution in [0.4, 0.5) is 5.69 Å². The summed E-state index contributed by atoms with van der Waals surface area (Å²) in [6.07, 6.45) is 1.25. The zero-order valence-electron chi connectivity index (χ0n) is 11.6. The molecule has 22 heavy (non-hydrogen) atoms. The van der Waals surface area contributed by atoms with E-state index in [9.17, 15) is 14.9 Å². The number of nitro groups is 1. The number of carbonyl (C=O) groups excluding carboxylic acids is 1. The molecule has 0 unspecified atom stereocenters. The Kier molecular flexibility index (Phi) is 5.00. The second kappa shape index (κ2) is 6.95. The third-order valence-corrected chi connectivity index (χ3v) is 3.79. The van der Waals surface area contributed by atoms with Gasteiger partial charge in [0.05, 0.1) is 16.7 Å². The molecule has 112 valence electrons. The Bertz CT molecular complexity index is 759. The molecule has 2 aromatic carbocycles. The summed E-state index contributed by atoms with van der Waals surface area (Å²) in [6, 6.07) is 11.3. The maximum absolute atomic E-state index is 11.9. The summed E-state index contributed by atoms with van der Waals surface area (Å²) in [5, 5.41) is 14.6. The van der Waals surface area contributed by atoms with Crippen LogP contribution in [-0.4, -0.2) is 17.0 Å². The number of hydrogen-bond donors (Lipinski definition) is 1. The predicted molar refractivity (Wildman–Crippen MR) is 87.0 cm³/mol. The van der Waals surface area contributed by atoms with E-state index in [2.05, 4.69) is 26.5 Å². The first kappa shape index (κ1) is 15.8. The molecule has 0 aliphatic heterocycles. The third kappa shape index (κ3) is 3.76. The number of rotatable bonds is 4. The minimum absolute atomic E-state index is 0.0708. The van der Waals surface area contributed by atoms with Crippen LogP contribution in [0.1, 0.15) is 21.5 Å². The Hall–Kier alpha value is -2.54. The first-order valence-electron chi connectivity index (χ1n) is 6.32. The summed E-state index contributed by atoms with van der Waals surface area (Å²) in [7, 11) is 0. The summed E-state index contributed by atoms with van der Waals surface area (Å²) in [4.78, 5) is 22.3. The molecule has 6 nitrogen and oxygen atoms in total. The van der Waals surface area contributed by atoms with E-state index in [1.54, 1.807) is 30.3 Å². The number of carbonyl (C=O) groups is 1. The van der Waals surface area contributed by atoms with E-state index in [0.717, 1.165) is 10.0 Å². The van der Waals surface area contributed by atoms with E-state index in [0.29, 0.717) is 11.1 Å². The van der Waals surface area contributed by atoms with Gasteiger partial charge in [0.15, 0.2) is 0 Å². The van der Waals surface area contributed by atoms with E-state index >= 15 is 0 Å². The number of amides is 1. The molecule has 0 heterocycles. The van der Waals surface area contributed by atoms with Crippen LogP contribution in [0.2, 0.25) is 0 Å². The van der Waals surface area contributed by atoms with Crippen LogP contribution in [0, 0.1) is 17.0 Å². The standard InChI is InChI=1S/C15H12BrN3O3/c1-10-6-7-11(8-13(10)16)15(20)18-17-9-12-4-2-3-5-14(12)19(21)22/h2-9H,1H3,(H,18,20). The van der Waals surface area contributed by atoms with E-state index in [1.807, 2.05) is 13.0 Å². The molecule has 2 rings (SSSR count). The van der Waals surface area contributed by atoms with Gasteiger partial charge in [-0.05, 0) is 30.7 Å². The monoisotopic (exact) mass is 361 g/mol. The lowest BCUT2D eigenvalue weighted by molar-refractivity contribution is -0.385. The number of nitrogens with one attached hydrogen (secondary N) is 1. The molecule has 0 aliphatic carbocycles. The van der Waals surface area contributed by atoms with Gasteiger partial charge in [-0.3, -0.25) is 14.9 Å². The zero-order valence-corrected chi connectivity index (χ0v) is 13.2. The fraction of sp³-hybridized carbons (Fsp3) is 0.0667. The second-order valence-corrected chi connectivity index (χ2v) is 5.33. The molecule has 1 N–H and O–H groups in total. The SMILES string of the molecule is Cc1ccc(C(=O)NN=Cc2ccccc2[N+](=O)[O-])cc1Br. The maximum Gasteiger partial charge on any atom is 0.278 e. The Morgan fingerprint density at radius 3 is 2.73 bits per heavy atom. The predicted octanol–water partition coefficient (Wildman–Crippen LogP) is 3.43. The van der Waals surface area contributed by atoms with Crippen molar-refractivity contribution in [2.75, 3.05) is 0 Å². The fourth-order valence-electron chi connectivity index (χ4n) is 1.72. The van der Waals surface area contributed by atoms with E-state index in [1.165, 1.54) is 12.3 Å². The van der Waals surface area contributed by atoms with Crippen LogP contribution in [0.3, 0.4) is 0 Å². The van der Waals surface area contributed by atoms with Crippen molar-refractivity contribution in [3.63, 3.8) is 0 Å². The largest absolute Gasteiger partial charge is 0.278 e. The van der Waals surface area contributed by atoms with Crippen molar-refractivity contribution in [3.05, 3.63) is 73.7 Å². The second-order valence-electron chi connectivity index (χ2n) is 4.48. The van der Waals surface area contributed by atoms with Gasteiger partial charge in [0, 0.05) is 16.1 Å². The Balaban J connectivity index is 2.11. The van der Waals surface area contributed by atoms with Gasteiger partial charge in [0.2, 0.25) is 0 Å². The van der Waals surface area contributed by atoms with Crippen molar-refractivity contribution in [2.45, 2.75) is 6.92 Å². The first-order valence-corrected chi connectivity index (χ1v) is 7.11. The molecule has 0 radical (unpaired) electrons. The minimum Gasteiger partial charge on any atom is -0.267 e. The summed E-state index contributed by atoms with van der Waals surface area (Å²) >= 11 is 3.35. The quantitative estimate of drug-likeness (QED) is 0.514. The maximum atomic E-state index is 11.9. The molecule has 0 saturated heterocycles. The average Bonchev–Trinajstić information content (AvgIpc) is 2.50. The number of hydrogen-bond acceptors (Lipinski definition) is 4. The van der Waals surface area contributed by atoms with Crippen LogP contribution in [-0.2, 0) is 0 Å². The molecule has 7 heteroatoms. The van der Waals surface area contributed by atoms with Crippen LogP contribution in [0.15, 0.2) is 52.0 Å². The highest BCUT2D eigenvalue weighted by atomic mass is 79.9. The number of para-hydroxylation sites is 1. The topological polar surface area (TPSA) is 84.6 Å². The van der Waals surface area contributed by atoms with Crippen LogP contribution >= 0.6 is 15.9 Å². The van der Waals surface area contributed by atoms with Gasteiger partial charge in [-0.25, -0.2) is 5.43 Å². The molecule has 0 bridgehead atoms. The smallest absolute Gasteiger partial charge is 0.267 e. The van der Waals surface area contributed by atoms with Crippen molar-refractivity contribution in [2.24, 2.45) is 5.10 Å². The number of halogens is 1. The number of benzene rings is 2. The minimum atomic E-state index is -0.500. The third-order valence-electron chi connectivity index (χ3n) is 2.94. The highest BCUT2D eigenvalue weighted by Gasteiger charge is 2.10. The lowest BCUT2D eigenvalue weighted by Crippen LogP contribution is -2.17. The van der Waals surface area contributed by atoms with Crippen molar-refractivity contribution < 1.29 is 9.72 Å². The summed E-state index contributed by atoms with van der Waals surface area (Å²) in [5.41, 5.74) is 4.05. The Morgan fingerprint density at radius 1 is 1.32 bits per heavy atom. The van der Waals surface area contributed by atoms with Crippen molar-refractivity contribution >= 4 is 33.7 Å². The highest BCUT2D eigenvalue weighted by molar-refractivity contribution is 9.10. The number of hydrazone groups is 1. The Morgan fingerprint density at radius 2 is 2.05 bits per heavy atom. The molecule has 0 saturated carbocycles. The van der Waals surface area contributed by atoms with Crippen molar-refractivity contribution in [1.29, 1.82) is 0 Å². The summed E-state index contributed by atoms with van der Waals surface area (Å²) in [5.74, 6) is -0.393. The van der Waals surface area contributed by atoms with E-state index < -0.39 is 10.8 Å². The molecule has 0 atom stereocenters. The molecule has 2 aromatic rings. The molecule has 0 aliphatic rings. The molecular weight excluding hydrogens is 350 g/mol. The van der Waals surface area contributed by atoms with Gasteiger partial charge in [0.1, 0.15) is 0 Å². The molecule has 0 aromatic heterocycles. The average molecular weight is 362 g/mol. The lowest BCUT2D eigenvalue weighted by atomic mass is 10.1. The van der Waals surface area contributed by atoms with Gasteiger partial charge < -0.3 is 0 Å². The molecule has 0 fully saturated rings. The fourth-order valence-corrected chi connectivity index (χ4v) is 2.10. The van der Waals surface area contributed by atoms with E-state index in [-0.39, 0.29) is 5.69 Å². The van der Waals surface area contributed by atoms with E-state index in [4.69, 9.17) is 0 Å². The summed E-state index contributed by atoms with van der Waals surface area (Å²) < 4.78 is 0.822. The van der Waals surface area contributed by atoms with Crippen LogP contribution in [0.5, 0.6) is 0 Å². The van der Waals surface area contributed by atoms with Crippen molar-refractivity contribution in [3.8, 4) is 0 Å². The van der Waals surface area contributed by atoms with Crippen LogP contribution < -0.4 is 5.43 Å². The van der Waals surface area contributed by atoms with Gasteiger partial charge in [-0.2, -0.15) is 5.10 Å². The van der Waals surface area contributed by atoms with Gasteiger partial charge in [-0.1, -0.05) is 34.1 Å². The first-order chi connectivity index (χ1) is 10.5. The number of nitro benzene ring substituents is 1. The number of nitrogens with zero attached hydrogens (tertiary/aromatic N) is 2. The Labute approximate surface area is 135 Å². The normalized spacial score (nSPS) is 10.6. The number of aryl methyl sites for hydroxylation is 1. The molecule has 1 amide bonds.